The van der Waals surface area contributed by atoms with Crippen molar-refractivity contribution in [2.24, 2.45) is 5.14 Å². The van der Waals surface area contributed by atoms with Crippen LogP contribution in [0.15, 0.2) is 23.1 Å². The lowest BCUT2D eigenvalue weighted by atomic mass is 10.1. The van der Waals surface area contributed by atoms with E-state index in [4.69, 9.17) is 5.14 Å². The zero-order valence-electron chi connectivity index (χ0n) is 11.4. The molecule has 1 aromatic carbocycles. The summed E-state index contributed by atoms with van der Waals surface area (Å²) in [5.41, 5.74) is 0.114. The van der Waals surface area contributed by atoms with Gasteiger partial charge in [-0.3, -0.25) is 4.79 Å². The van der Waals surface area contributed by atoms with Crippen LogP contribution in [-0.4, -0.2) is 44.9 Å². The lowest BCUT2D eigenvalue weighted by Crippen LogP contribution is -2.52. The molecule has 1 atom stereocenters. The lowest BCUT2D eigenvalue weighted by molar-refractivity contribution is 0.0655. The molecule has 1 amide bonds. The van der Waals surface area contributed by atoms with Gasteiger partial charge in [-0.25, -0.2) is 17.9 Å². The average Bonchev–Trinajstić information content (AvgIpc) is 2.37. The number of benzene rings is 1. The van der Waals surface area contributed by atoms with E-state index in [1.165, 1.54) is 6.07 Å². The molecule has 118 valence electrons. The van der Waals surface area contributed by atoms with Crippen molar-refractivity contribution in [3.05, 3.63) is 29.6 Å². The van der Waals surface area contributed by atoms with Crippen LogP contribution in [0.2, 0.25) is 0 Å². The Hall–Kier alpha value is -1.22. The monoisotopic (exact) mass is 337 g/mol. The average molecular weight is 338 g/mol. The predicted octanol–water partition coefficient (Wildman–Crippen LogP) is 0.329. The highest BCUT2D eigenvalue weighted by Gasteiger charge is 2.25. The van der Waals surface area contributed by atoms with Crippen molar-refractivity contribution in [3.8, 4) is 0 Å². The summed E-state index contributed by atoms with van der Waals surface area (Å²) in [5.74, 6) is -1.33. The van der Waals surface area contributed by atoms with E-state index in [2.05, 4.69) is 5.32 Å². The first-order valence-corrected chi connectivity index (χ1v) is 7.69. The molecule has 0 aliphatic carbocycles. The first-order chi connectivity index (χ1) is 9.30. The second-order valence-electron chi connectivity index (χ2n) is 4.74. The van der Waals surface area contributed by atoms with Gasteiger partial charge in [-0.2, -0.15) is 0 Å². The summed E-state index contributed by atoms with van der Waals surface area (Å²) < 4.78 is 36.0. The molecule has 0 radical (unpaired) electrons. The molecular weight excluding hydrogens is 321 g/mol. The maximum absolute atomic E-state index is 13.7. The van der Waals surface area contributed by atoms with Gasteiger partial charge in [0.25, 0.3) is 5.91 Å². The van der Waals surface area contributed by atoms with Crippen molar-refractivity contribution in [3.63, 3.8) is 0 Å². The second-order valence-corrected chi connectivity index (χ2v) is 6.27. The minimum atomic E-state index is -4.12. The van der Waals surface area contributed by atoms with E-state index in [0.29, 0.717) is 19.6 Å². The normalized spacial score (nSPS) is 19.0. The number of carbonyl (C=O) groups is 1. The lowest BCUT2D eigenvalue weighted by Gasteiger charge is -2.34. The maximum atomic E-state index is 13.7. The SMILES string of the molecule is C[C@@H]1CNCCN1C(=O)c1ccc(S(N)(=O)=O)c(F)c1.Cl. The van der Waals surface area contributed by atoms with Crippen LogP contribution in [0, 0.1) is 5.82 Å². The molecule has 1 aromatic rings. The van der Waals surface area contributed by atoms with Gasteiger partial charge in [0.15, 0.2) is 0 Å². The van der Waals surface area contributed by atoms with Gasteiger partial charge in [-0.15, -0.1) is 12.4 Å². The molecule has 0 spiro atoms. The van der Waals surface area contributed by atoms with Crippen LogP contribution >= 0.6 is 12.4 Å². The highest BCUT2D eigenvalue weighted by molar-refractivity contribution is 7.89. The summed E-state index contributed by atoms with van der Waals surface area (Å²) in [6.45, 7) is 3.76. The highest BCUT2D eigenvalue weighted by Crippen LogP contribution is 2.17. The summed E-state index contributed by atoms with van der Waals surface area (Å²) in [7, 11) is -4.12. The molecule has 2 rings (SSSR count). The Morgan fingerprint density at radius 2 is 2.14 bits per heavy atom. The van der Waals surface area contributed by atoms with E-state index in [1.54, 1.807) is 4.90 Å². The summed E-state index contributed by atoms with van der Waals surface area (Å²) in [5, 5.41) is 8.02. The first-order valence-electron chi connectivity index (χ1n) is 6.15. The summed E-state index contributed by atoms with van der Waals surface area (Å²) in [6, 6.07) is 3.21. The van der Waals surface area contributed by atoms with Crippen LogP contribution in [0.3, 0.4) is 0 Å². The number of nitrogens with two attached hydrogens (primary N) is 1. The minimum Gasteiger partial charge on any atom is -0.333 e. The molecule has 21 heavy (non-hydrogen) atoms. The molecule has 6 nitrogen and oxygen atoms in total. The molecule has 0 bridgehead atoms. The van der Waals surface area contributed by atoms with E-state index in [1.807, 2.05) is 6.92 Å². The van der Waals surface area contributed by atoms with E-state index in [9.17, 15) is 17.6 Å². The molecule has 3 N–H and O–H groups in total. The van der Waals surface area contributed by atoms with Crippen LogP contribution in [0.5, 0.6) is 0 Å². The van der Waals surface area contributed by atoms with Crippen molar-refractivity contribution < 1.29 is 17.6 Å². The van der Waals surface area contributed by atoms with Gasteiger partial charge >= 0.3 is 0 Å². The van der Waals surface area contributed by atoms with Crippen molar-refractivity contribution in [2.75, 3.05) is 19.6 Å². The number of piperazine rings is 1. The zero-order chi connectivity index (χ0) is 14.9. The molecule has 0 aromatic heterocycles. The molecule has 1 saturated heterocycles. The molecule has 1 aliphatic heterocycles. The number of sulfonamides is 1. The Labute approximate surface area is 129 Å². The van der Waals surface area contributed by atoms with E-state index in [-0.39, 0.29) is 29.9 Å². The predicted molar refractivity (Wildman–Crippen MR) is 78.4 cm³/mol. The van der Waals surface area contributed by atoms with Gasteiger partial charge in [-0.1, -0.05) is 0 Å². The van der Waals surface area contributed by atoms with Gasteiger partial charge in [0.05, 0.1) is 0 Å². The van der Waals surface area contributed by atoms with Crippen molar-refractivity contribution in [1.29, 1.82) is 0 Å². The standard InChI is InChI=1S/C12H16FN3O3S.ClH/c1-8-7-15-4-5-16(8)12(17)9-2-3-11(10(13)6-9)20(14,18)19;/h2-3,6,8,15H,4-5,7H2,1H3,(H2,14,18,19);1H/t8-;/m1./s1. The fraction of sp³-hybridized carbons (Fsp3) is 0.417. The molecule has 1 aliphatic rings. The quantitative estimate of drug-likeness (QED) is 0.813. The Bertz CT molecular complexity index is 639. The molecule has 1 fully saturated rings. The number of rotatable bonds is 2. The molecule has 1 heterocycles. The number of amides is 1. The van der Waals surface area contributed by atoms with Gasteiger partial charge < -0.3 is 10.2 Å². The van der Waals surface area contributed by atoms with Crippen molar-refractivity contribution in [2.45, 2.75) is 17.9 Å². The van der Waals surface area contributed by atoms with E-state index >= 15 is 0 Å². The fourth-order valence-electron chi connectivity index (χ4n) is 2.17. The third kappa shape index (κ3) is 3.91. The van der Waals surface area contributed by atoms with Gasteiger partial charge in [0.2, 0.25) is 10.0 Å². The van der Waals surface area contributed by atoms with Gasteiger partial charge in [0.1, 0.15) is 10.7 Å². The zero-order valence-corrected chi connectivity index (χ0v) is 13.0. The summed E-state index contributed by atoms with van der Waals surface area (Å²) >= 11 is 0. The molecule has 0 unspecified atom stereocenters. The van der Waals surface area contributed by atoms with E-state index < -0.39 is 20.7 Å². The van der Waals surface area contributed by atoms with Crippen LogP contribution in [0.1, 0.15) is 17.3 Å². The summed E-state index contributed by atoms with van der Waals surface area (Å²) in [4.78, 5) is 13.3. The van der Waals surface area contributed by atoms with Crippen LogP contribution in [-0.2, 0) is 10.0 Å². The van der Waals surface area contributed by atoms with E-state index in [0.717, 1.165) is 12.1 Å². The highest BCUT2D eigenvalue weighted by atomic mass is 35.5. The molecule has 0 saturated carbocycles. The topological polar surface area (TPSA) is 92.5 Å². The second kappa shape index (κ2) is 6.69. The number of primary sulfonamides is 1. The largest absolute Gasteiger partial charge is 0.333 e. The Kier molecular flexibility index (Phi) is 5.68. The van der Waals surface area contributed by atoms with Gasteiger partial charge in [0, 0.05) is 31.2 Å². The fourth-order valence-corrected chi connectivity index (χ4v) is 2.76. The van der Waals surface area contributed by atoms with Crippen LogP contribution < -0.4 is 10.5 Å². The minimum absolute atomic E-state index is 0. The molecular formula is C12H17ClFN3O3S. The maximum Gasteiger partial charge on any atom is 0.254 e. The number of halogens is 2. The number of nitrogens with one attached hydrogen (secondary N) is 1. The van der Waals surface area contributed by atoms with Crippen molar-refractivity contribution in [1.82, 2.24) is 10.2 Å². The number of carbonyl (C=O) groups excluding carboxylic acids is 1. The smallest absolute Gasteiger partial charge is 0.254 e. The summed E-state index contributed by atoms with van der Waals surface area (Å²) in [6.07, 6.45) is 0. The third-order valence-corrected chi connectivity index (χ3v) is 4.19. The third-order valence-electron chi connectivity index (χ3n) is 3.25. The molecule has 9 heteroatoms. The number of hydrogen-bond acceptors (Lipinski definition) is 4. The number of hydrogen-bond donors (Lipinski definition) is 2. The Balaban J connectivity index is 0.00000220. The number of nitrogens with zero attached hydrogens (tertiary/aromatic N) is 1. The van der Waals surface area contributed by atoms with Crippen molar-refractivity contribution >= 4 is 28.3 Å². The van der Waals surface area contributed by atoms with Crippen LogP contribution in [0.4, 0.5) is 4.39 Å². The Morgan fingerprint density at radius 3 is 2.67 bits per heavy atom. The van der Waals surface area contributed by atoms with Crippen LogP contribution in [0.25, 0.3) is 0 Å². The van der Waals surface area contributed by atoms with Gasteiger partial charge in [-0.05, 0) is 25.1 Å². The first kappa shape index (κ1) is 17.8. The Morgan fingerprint density at radius 1 is 1.48 bits per heavy atom.